The third-order valence-corrected chi connectivity index (χ3v) is 2.57. The van der Waals surface area contributed by atoms with Gasteiger partial charge in [-0.25, -0.2) is 0 Å². The maximum absolute atomic E-state index is 5.97. The van der Waals surface area contributed by atoms with E-state index in [1.165, 1.54) is 0 Å². The van der Waals surface area contributed by atoms with Crippen LogP contribution in [0.1, 0.15) is 5.69 Å². The minimum Gasteiger partial charge on any atom is -0.314 e. The molecule has 2 nitrogen and oxygen atoms in total. The second kappa shape index (κ2) is 5.10. The summed E-state index contributed by atoms with van der Waals surface area (Å²) in [6.45, 7) is 0.772. The summed E-state index contributed by atoms with van der Waals surface area (Å²) < 4.78 is 0. The van der Waals surface area contributed by atoms with Gasteiger partial charge in [0.15, 0.2) is 0 Å². The predicted molar refractivity (Wildman–Crippen MR) is 67.4 cm³/mol. The number of hydrogen-bond acceptors (Lipinski definition) is 2. The summed E-state index contributed by atoms with van der Waals surface area (Å²) in [5.74, 6) is 0. The smallest absolute Gasteiger partial charge is 0.0547 e. The van der Waals surface area contributed by atoms with Crippen molar-refractivity contribution in [3.05, 3.63) is 53.3 Å². The van der Waals surface area contributed by atoms with Gasteiger partial charge in [0.2, 0.25) is 0 Å². The van der Waals surface area contributed by atoms with Gasteiger partial charge in [-0.05, 0) is 42.4 Å². The Kier molecular flexibility index (Phi) is 3.54. The van der Waals surface area contributed by atoms with Crippen molar-refractivity contribution in [2.45, 2.75) is 6.54 Å². The molecule has 2 rings (SSSR count). The molecule has 1 aromatic carbocycles. The summed E-state index contributed by atoms with van der Waals surface area (Å²) in [5.41, 5.74) is 3.29. The summed E-state index contributed by atoms with van der Waals surface area (Å²) in [6.07, 6.45) is 1.82. The minimum atomic E-state index is 0.754. The molecular weight excluding hydrogens is 220 g/mol. The van der Waals surface area contributed by atoms with Crippen LogP contribution in [0.25, 0.3) is 11.1 Å². The Bertz CT molecular complexity index is 483. The highest BCUT2D eigenvalue weighted by Gasteiger charge is 2.00. The minimum absolute atomic E-state index is 0.754. The molecule has 0 bridgehead atoms. The van der Waals surface area contributed by atoms with Crippen molar-refractivity contribution in [2.75, 3.05) is 7.05 Å². The van der Waals surface area contributed by atoms with Gasteiger partial charge in [-0.2, -0.15) is 0 Å². The number of pyridine rings is 1. The third kappa shape index (κ3) is 2.60. The molecule has 0 saturated carbocycles. The van der Waals surface area contributed by atoms with E-state index in [1.807, 2.05) is 43.6 Å². The fraction of sp³-hybridized carbons (Fsp3) is 0.154. The number of hydrogen-bond donors (Lipinski definition) is 1. The van der Waals surface area contributed by atoms with Gasteiger partial charge in [0.25, 0.3) is 0 Å². The summed E-state index contributed by atoms with van der Waals surface area (Å²) >= 11 is 5.97. The van der Waals surface area contributed by atoms with Crippen LogP contribution in [0, 0.1) is 0 Å². The normalized spacial score (nSPS) is 10.4. The van der Waals surface area contributed by atoms with Crippen LogP contribution in [0.5, 0.6) is 0 Å². The van der Waals surface area contributed by atoms with Crippen LogP contribution in [-0.4, -0.2) is 12.0 Å². The zero-order valence-electron chi connectivity index (χ0n) is 9.07. The van der Waals surface area contributed by atoms with E-state index in [9.17, 15) is 0 Å². The van der Waals surface area contributed by atoms with E-state index in [0.717, 1.165) is 28.4 Å². The standard InChI is InChI=1S/C13H13ClN2/c1-15-9-13-8-11(5-6-16-13)10-3-2-4-12(14)7-10/h2-8,15H,9H2,1H3. The lowest BCUT2D eigenvalue weighted by atomic mass is 10.1. The first-order chi connectivity index (χ1) is 7.79. The lowest BCUT2D eigenvalue weighted by Crippen LogP contribution is -2.06. The molecule has 0 atom stereocenters. The van der Waals surface area contributed by atoms with E-state index in [1.54, 1.807) is 0 Å². The monoisotopic (exact) mass is 232 g/mol. The van der Waals surface area contributed by atoms with Crippen molar-refractivity contribution in [3.8, 4) is 11.1 Å². The number of aromatic nitrogens is 1. The number of rotatable bonds is 3. The molecule has 0 radical (unpaired) electrons. The fourth-order valence-electron chi connectivity index (χ4n) is 1.60. The van der Waals surface area contributed by atoms with Gasteiger partial charge in [-0.15, -0.1) is 0 Å². The predicted octanol–water partition coefficient (Wildman–Crippen LogP) is 3.12. The van der Waals surface area contributed by atoms with Gasteiger partial charge in [-0.3, -0.25) is 4.98 Å². The number of nitrogens with zero attached hydrogens (tertiary/aromatic N) is 1. The lowest BCUT2D eigenvalue weighted by molar-refractivity contribution is 0.791. The molecule has 0 unspecified atom stereocenters. The highest BCUT2D eigenvalue weighted by atomic mass is 35.5. The Morgan fingerprint density at radius 1 is 1.19 bits per heavy atom. The van der Waals surface area contributed by atoms with Gasteiger partial charge in [0.1, 0.15) is 0 Å². The van der Waals surface area contributed by atoms with E-state index >= 15 is 0 Å². The molecule has 2 aromatic rings. The molecule has 1 N–H and O–H groups in total. The fourth-order valence-corrected chi connectivity index (χ4v) is 1.79. The van der Waals surface area contributed by atoms with Crippen LogP contribution in [0.4, 0.5) is 0 Å². The Morgan fingerprint density at radius 3 is 2.75 bits per heavy atom. The summed E-state index contributed by atoms with van der Waals surface area (Å²) in [5, 5.41) is 3.84. The molecular formula is C13H13ClN2. The molecule has 1 aromatic heterocycles. The van der Waals surface area contributed by atoms with E-state index < -0.39 is 0 Å². The average molecular weight is 233 g/mol. The van der Waals surface area contributed by atoms with Crippen LogP contribution in [0.3, 0.4) is 0 Å². The zero-order valence-corrected chi connectivity index (χ0v) is 9.83. The van der Waals surface area contributed by atoms with Gasteiger partial charge in [0, 0.05) is 17.8 Å². The molecule has 1 heterocycles. The van der Waals surface area contributed by atoms with Gasteiger partial charge in [-0.1, -0.05) is 23.7 Å². The van der Waals surface area contributed by atoms with Gasteiger partial charge < -0.3 is 5.32 Å². The molecule has 0 amide bonds. The first-order valence-electron chi connectivity index (χ1n) is 5.15. The Morgan fingerprint density at radius 2 is 2.00 bits per heavy atom. The molecule has 0 saturated heterocycles. The van der Waals surface area contributed by atoms with Gasteiger partial charge >= 0.3 is 0 Å². The number of benzene rings is 1. The summed E-state index contributed by atoms with van der Waals surface area (Å²) in [7, 11) is 1.91. The van der Waals surface area contributed by atoms with E-state index in [4.69, 9.17) is 11.6 Å². The SMILES string of the molecule is CNCc1cc(-c2cccc(Cl)c2)ccn1. The second-order valence-corrected chi connectivity index (χ2v) is 4.01. The first-order valence-corrected chi connectivity index (χ1v) is 5.53. The van der Waals surface area contributed by atoms with Crippen molar-refractivity contribution in [2.24, 2.45) is 0 Å². The maximum Gasteiger partial charge on any atom is 0.0547 e. The van der Waals surface area contributed by atoms with Crippen LogP contribution >= 0.6 is 11.6 Å². The Labute approximate surface area is 100 Å². The zero-order chi connectivity index (χ0) is 11.4. The average Bonchev–Trinajstić information content (AvgIpc) is 2.30. The topological polar surface area (TPSA) is 24.9 Å². The van der Waals surface area contributed by atoms with Crippen molar-refractivity contribution >= 4 is 11.6 Å². The highest BCUT2D eigenvalue weighted by molar-refractivity contribution is 6.30. The Hall–Kier alpha value is -1.38. The second-order valence-electron chi connectivity index (χ2n) is 3.58. The van der Waals surface area contributed by atoms with Crippen LogP contribution in [0.2, 0.25) is 5.02 Å². The van der Waals surface area contributed by atoms with Crippen molar-refractivity contribution in [1.82, 2.24) is 10.3 Å². The van der Waals surface area contributed by atoms with Crippen molar-refractivity contribution < 1.29 is 0 Å². The molecule has 0 aliphatic rings. The van der Waals surface area contributed by atoms with Crippen LogP contribution in [0.15, 0.2) is 42.6 Å². The maximum atomic E-state index is 5.97. The molecule has 16 heavy (non-hydrogen) atoms. The lowest BCUT2D eigenvalue weighted by Gasteiger charge is -2.04. The highest BCUT2D eigenvalue weighted by Crippen LogP contribution is 2.22. The summed E-state index contributed by atoms with van der Waals surface area (Å²) in [6, 6.07) is 11.9. The summed E-state index contributed by atoms with van der Waals surface area (Å²) in [4.78, 5) is 4.28. The van der Waals surface area contributed by atoms with Crippen molar-refractivity contribution in [3.63, 3.8) is 0 Å². The molecule has 0 aliphatic carbocycles. The first kappa shape index (κ1) is 11.1. The molecule has 0 aliphatic heterocycles. The number of halogens is 1. The van der Waals surface area contributed by atoms with E-state index in [0.29, 0.717) is 0 Å². The molecule has 0 fully saturated rings. The molecule has 0 spiro atoms. The largest absolute Gasteiger partial charge is 0.314 e. The third-order valence-electron chi connectivity index (χ3n) is 2.33. The Balaban J connectivity index is 2.36. The van der Waals surface area contributed by atoms with E-state index in [-0.39, 0.29) is 0 Å². The molecule has 3 heteroatoms. The number of nitrogens with one attached hydrogen (secondary N) is 1. The van der Waals surface area contributed by atoms with E-state index in [2.05, 4.69) is 16.4 Å². The van der Waals surface area contributed by atoms with Crippen LogP contribution in [-0.2, 0) is 6.54 Å². The quantitative estimate of drug-likeness (QED) is 0.880. The molecule has 82 valence electrons. The van der Waals surface area contributed by atoms with Crippen LogP contribution < -0.4 is 5.32 Å². The van der Waals surface area contributed by atoms with Crippen molar-refractivity contribution in [1.29, 1.82) is 0 Å². The van der Waals surface area contributed by atoms with Gasteiger partial charge in [0.05, 0.1) is 5.69 Å².